The Morgan fingerprint density at radius 2 is 2.14 bits per heavy atom. The zero-order valence-corrected chi connectivity index (χ0v) is 11.5. The number of anilines is 1. The molecule has 0 unspecified atom stereocenters. The van der Waals surface area contributed by atoms with Crippen molar-refractivity contribution in [2.45, 2.75) is 6.92 Å². The highest BCUT2D eigenvalue weighted by Crippen LogP contribution is 2.32. The summed E-state index contributed by atoms with van der Waals surface area (Å²) in [5.41, 5.74) is 6.66. The first-order chi connectivity index (χ1) is 10.2. The quantitative estimate of drug-likeness (QED) is 0.859. The van der Waals surface area contributed by atoms with Crippen molar-refractivity contribution in [1.82, 2.24) is 9.55 Å². The van der Waals surface area contributed by atoms with E-state index in [-0.39, 0.29) is 18.1 Å². The van der Waals surface area contributed by atoms with E-state index in [1.165, 1.54) is 6.33 Å². The van der Waals surface area contributed by atoms with Crippen LogP contribution in [0.15, 0.2) is 24.5 Å². The summed E-state index contributed by atoms with van der Waals surface area (Å²) >= 11 is 0. The number of benzene rings is 1. The molecule has 0 saturated heterocycles. The smallest absolute Gasteiger partial charge is 0.359 e. The number of carbonyl (C=O) groups excluding carboxylic acids is 1. The Morgan fingerprint density at radius 1 is 1.38 bits per heavy atom. The van der Waals surface area contributed by atoms with Crippen molar-refractivity contribution >= 4 is 11.8 Å². The van der Waals surface area contributed by atoms with E-state index in [2.05, 4.69) is 4.98 Å². The third kappa shape index (κ3) is 2.37. The van der Waals surface area contributed by atoms with Gasteiger partial charge in [0.05, 0.1) is 12.3 Å². The Labute approximate surface area is 121 Å². The standard InChI is InChI=1S/C14H15N3O4/c1-2-19-14(18)12-13(15)16-8-17(12)9-3-4-10-11(7-9)21-6-5-20-10/h3-4,7-8H,2,5-6,15H2,1H3. The van der Waals surface area contributed by atoms with Crippen molar-refractivity contribution in [2.24, 2.45) is 0 Å². The molecule has 0 aliphatic carbocycles. The van der Waals surface area contributed by atoms with Gasteiger partial charge in [-0.25, -0.2) is 9.78 Å². The highest BCUT2D eigenvalue weighted by Gasteiger charge is 2.20. The van der Waals surface area contributed by atoms with Crippen molar-refractivity contribution in [3.05, 3.63) is 30.2 Å². The Hall–Kier alpha value is -2.70. The maximum absolute atomic E-state index is 12.0. The number of hydrogen-bond acceptors (Lipinski definition) is 6. The van der Waals surface area contributed by atoms with Crippen LogP contribution in [-0.4, -0.2) is 35.3 Å². The van der Waals surface area contributed by atoms with Gasteiger partial charge in [0.1, 0.15) is 19.5 Å². The fourth-order valence-electron chi connectivity index (χ4n) is 2.14. The summed E-state index contributed by atoms with van der Waals surface area (Å²) in [4.78, 5) is 16.0. The van der Waals surface area contributed by atoms with E-state index in [1.807, 2.05) is 0 Å². The van der Waals surface area contributed by atoms with E-state index < -0.39 is 5.97 Å². The summed E-state index contributed by atoms with van der Waals surface area (Å²) in [6.45, 7) is 3.02. The minimum Gasteiger partial charge on any atom is -0.486 e. The van der Waals surface area contributed by atoms with Crippen LogP contribution in [0.3, 0.4) is 0 Å². The van der Waals surface area contributed by atoms with Crippen LogP contribution in [0, 0.1) is 0 Å². The second-order valence-electron chi connectivity index (χ2n) is 4.40. The number of nitrogen functional groups attached to an aromatic ring is 1. The third-order valence-electron chi connectivity index (χ3n) is 3.07. The first-order valence-electron chi connectivity index (χ1n) is 6.60. The normalized spacial score (nSPS) is 13.0. The van der Waals surface area contributed by atoms with Crippen LogP contribution < -0.4 is 15.2 Å². The third-order valence-corrected chi connectivity index (χ3v) is 3.07. The predicted octanol–water partition coefficient (Wildman–Crippen LogP) is 1.40. The van der Waals surface area contributed by atoms with Crippen molar-refractivity contribution in [1.29, 1.82) is 0 Å². The monoisotopic (exact) mass is 289 g/mol. The molecule has 0 amide bonds. The number of rotatable bonds is 3. The molecule has 0 radical (unpaired) electrons. The molecule has 7 nitrogen and oxygen atoms in total. The summed E-state index contributed by atoms with van der Waals surface area (Å²) in [6.07, 6.45) is 1.48. The van der Waals surface area contributed by atoms with Crippen molar-refractivity contribution in [3.8, 4) is 17.2 Å². The molecule has 0 spiro atoms. The van der Waals surface area contributed by atoms with Gasteiger partial charge in [0.15, 0.2) is 23.0 Å². The molecule has 0 saturated carbocycles. The molecule has 1 aromatic carbocycles. The minimum absolute atomic E-state index is 0.128. The van der Waals surface area contributed by atoms with Crippen LogP contribution in [-0.2, 0) is 4.74 Å². The van der Waals surface area contributed by atoms with Crippen molar-refractivity contribution in [3.63, 3.8) is 0 Å². The largest absolute Gasteiger partial charge is 0.486 e. The number of aromatic nitrogens is 2. The minimum atomic E-state index is -0.512. The van der Waals surface area contributed by atoms with Gasteiger partial charge in [0.2, 0.25) is 0 Å². The molecular formula is C14H15N3O4. The number of hydrogen-bond donors (Lipinski definition) is 1. The lowest BCUT2D eigenvalue weighted by Crippen LogP contribution is -2.16. The maximum Gasteiger partial charge on any atom is 0.359 e. The van der Waals surface area contributed by atoms with E-state index in [4.69, 9.17) is 19.9 Å². The number of imidazole rings is 1. The number of ether oxygens (including phenoxy) is 3. The Morgan fingerprint density at radius 3 is 2.90 bits per heavy atom. The molecule has 1 aromatic heterocycles. The molecule has 1 aliphatic rings. The van der Waals surface area contributed by atoms with Gasteiger partial charge in [-0.2, -0.15) is 0 Å². The Kier molecular flexibility index (Phi) is 3.39. The lowest BCUT2D eigenvalue weighted by Gasteiger charge is -2.19. The van der Waals surface area contributed by atoms with E-state index >= 15 is 0 Å². The van der Waals surface area contributed by atoms with Crippen LogP contribution in [0.4, 0.5) is 5.82 Å². The van der Waals surface area contributed by atoms with Gasteiger partial charge < -0.3 is 19.9 Å². The maximum atomic E-state index is 12.0. The number of fused-ring (bicyclic) bond motifs is 1. The van der Waals surface area contributed by atoms with E-state index in [1.54, 1.807) is 29.7 Å². The molecule has 0 atom stereocenters. The van der Waals surface area contributed by atoms with Gasteiger partial charge in [-0.15, -0.1) is 0 Å². The topological polar surface area (TPSA) is 88.6 Å². The predicted molar refractivity (Wildman–Crippen MR) is 74.9 cm³/mol. The number of esters is 1. The first kappa shape index (κ1) is 13.3. The molecule has 7 heteroatoms. The van der Waals surface area contributed by atoms with Gasteiger partial charge in [0, 0.05) is 6.07 Å². The molecule has 2 heterocycles. The molecule has 110 valence electrons. The summed E-state index contributed by atoms with van der Waals surface area (Å²) in [5.74, 6) is 0.919. The summed E-state index contributed by atoms with van der Waals surface area (Å²) in [7, 11) is 0. The molecule has 3 rings (SSSR count). The molecule has 0 bridgehead atoms. The molecule has 21 heavy (non-hydrogen) atoms. The van der Waals surface area contributed by atoms with E-state index in [0.29, 0.717) is 30.4 Å². The number of nitrogens with two attached hydrogens (primary N) is 1. The molecule has 2 aromatic rings. The summed E-state index contributed by atoms with van der Waals surface area (Å²) in [5, 5.41) is 0. The molecule has 2 N–H and O–H groups in total. The van der Waals surface area contributed by atoms with Gasteiger partial charge in [-0.1, -0.05) is 0 Å². The molecule has 1 aliphatic heterocycles. The Balaban J connectivity index is 2.03. The molecular weight excluding hydrogens is 274 g/mol. The zero-order valence-electron chi connectivity index (χ0n) is 11.5. The first-order valence-corrected chi connectivity index (χ1v) is 6.60. The fourth-order valence-corrected chi connectivity index (χ4v) is 2.14. The Bertz CT molecular complexity index is 681. The molecule has 0 fully saturated rings. The van der Waals surface area contributed by atoms with Crippen LogP contribution >= 0.6 is 0 Å². The van der Waals surface area contributed by atoms with Crippen molar-refractivity contribution < 1.29 is 19.0 Å². The van der Waals surface area contributed by atoms with E-state index in [9.17, 15) is 4.79 Å². The second-order valence-corrected chi connectivity index (χ2v) is 4.40. The lowest BCUT2D eigenvalue weighted by molar-refractivity contribution is 0.0518. The van der Waals surface area contributed by atoms with Crippen LogP contribution in [0.2, 0.25) is 0 Å². The van der Waals surface area contributed by atoms with Gasteiger partial charge in [-0.3, -0.25) is 4.57 Å². The zero-order chi connectivity index (χ0) is 14.8. The van der Waals surface area contributed by atoms with Gasteiger partial charge >= 0.3 is 5.97 Å². The number of nitrogens with zero attached hydrogens (tertiary/aromatic N) is 2. The van der Waals surface area contributed by atoms with Crippen LogP contribution in [0.1, 0.15) is 17.4 Å². The van der Waals surface area contributed by atoms with Crippen LogP contribution in [0.5, 0.6) is 11.5 Å². The highest BCUT2D eigenvalue weighted by atomic mass is 16.6. The van der Waals surface area contributed by atoms with E-state index in [0.717, 1.165) is 0 Å². The van der Waals surface area contributed by atoms with Gasteiger partial charge in [0.25, 0.3) is 0 Å². The average Bonchev–Trinajstić information content (AvgIpc) is 2.89. The number of carbonyl (C=O) groups is 1. The average molecular weight is 289 g/mol. The van der Waals surface area contributed by atoms with Crippen LogP contribution in [0.25, 0.3) is 5.69 Å². The SMILES string of the molecule is CCOC(=O)c1c(N)ncn1-c1ccc2c(c1)OCCO2. The van der Waals surface area contributed by atoms with Gasteiger partial charge in [-0.05, 0) is 19.1 Å². The summed E-state index contributed by atoms with van der Waals surface area (Å²) in [6, 6.07) is 5.37. The van der Waals surface area contributed by atoms with Crippen molar-refractivity contribution in [2.75, 3.05) is 25.6 Å². The summed E-state index contributed by atoms with van der Waals surface area (Å²) < 4.78 is 17.6. The lowest BCUT2D eigenvalue weighted by atomic mass is 10.2. The highest BCUT2D eigenvalue weighted by molar-refractivity contribution is 5.93. The second kappa shape index (κ2) is 5.35. The fraction of sp³-hybridized carbons (Fsp3) is 0.286.